The van der Waals surface area contributed by atoms with E-state index >= 15 is 0 Å². The molecule has 0 aromatic carbocycles. The molecule has 0 aliphatic rings. The Morgan fingerprint density at radius 1 is 0.342 bits per heavy atom. The molecule has 0 bridgehead atoms. The van der Waals surface area contributed by atoms with Gasteiger partial charge in [0, 0.05) is 6.42 Å². The molecular formula is C69H119NO3. The van der Waals surface area contributed by atoms with Crippen LogP contribution in [0.5, 0.6) is 0 Å². The van der Waals surface area contributed by atoms with Crippen LogP contribution in [0.3, 0.4) is 0 Å². The molecule has 0 rings (SSSR count). The van der Waals surface area contributed by atoms with E-state index in [9.17, 15) is 15.0 Å². The van der Waals surface area contributed by atoms with Gasteiger partial charge < -0.3 is 15.5 Å². The molecule has 0 radical (unpaired) electrons. The summed E-state index contributed by atoms with van der Waals surface area (Å²) >= 11 is 0. The van der Waals surface area contributed by atoms with E-state index in [1.165, 1.54) is 180 Å². The summed E-state index contributed by atoms with van der Waals surface area (Å²) in [6, 6.07) is -0.659. The van der Waals surface area contributed by atoms with E-state index in [2.05, 4.69) is 129 Å². The first-order valence-electron chi connectivity index (χ1n) is 31.2. The molecule has 4 heteroatoms. The Balaban J connectivity index is 3.61. The number of unbranched alkanes of at least 4 members (excludes halogenated alkanes) is 31. The quantitative estimate of drug-likeness (QED) is 0.0420. The van der Waals surface area contributed by atoms with E-state index in [1.54, 1.807) is 6.08 Å². The molecule has 0 aliphatic carbocycles. The van der Waals surface area contributed by atoms with Crippen molar-refractivity contribution in [1.82, 2.24) is 5.32 Å². The predicted molar refractivity (Wildman–Crippen MR) is 326 cm³/mol. The van der Waals surface area contributed by atoms with Crippen LogP contribution in [0.25, 0.3) is 0 Å². The van der Waals surface area contributed by atoms with Gasteiger partial charge in [0.2, 0.25) is 5.91 Å². The zero-order chi connectivity index (χ0) is 52.7. The summed E-state index contributed by atoms with van der Waals surface area (Å²) in [4.78, 5) is 12.5. The number of aliphatic hydroxyl groups is 2. The van der Waals surface area contributed by atoms with Crippen molar-refractivity contribution in [3.63, 3.8) is 0 Å². The number of carbonyl (C=O) groups excluding carboxylic acids is 1. The lowest BCUT2D eigenvalue weighted by atomic mass is 10.0. The first-order valence-corrected chi connectivity index (χ1v) is 31.2. The van der Waals surface area contributed by atoms with Crippen molar-refractivity contribution in [1.29, 1.82) is 0 Å². The molecule has 2 atom stereocenters. The zero-order valence-corrected chi connectivity index (χ0v) is 48.1. The smallest absolute Gasteiger partial charge is 0.220 e. The van der Waals surface area contributed by atoms with Crippen molar-refractivity contribution in [2.24, 2.45) is 0 Å². The van der Waals surface area contributed by atoms with Crippen molar-refractivity contribution < 1.29 is 15.0 Å². The third-order valence-electron chi connectivity index (χ3n) is 13.7. The van der Waals surface area contributed by atoms with Crippen LogP contribution in [0.4, 0.5) is 0 Å². The van der Waals surface area contributed by atoms with Crippen molar-refractivity contribution in [3.8, 4) is 0 Å². The topological polar surface area (TPSA) is 69.6 Å². The number of amides is 1. The SMILES string of the molecule is CC/C=C\C/C=C\C/C=C\C/C=C\C/C=C\C/C=C\C/C=C\CCCCCCCCCCCC(=O)NC(CO)C(O)/C=C/CC/C=C/CC/C=C/CCCCCCCCCCCCCCCCCCCCCC. The molecule has 2 unspecified atom stereocenters. The van der Waals surface area contributed by atoms with Crippen LogP contribution in [0, 0.1) is 0 Å². The summed E-state index contributed by atoms with van der Waals surface area (Å²) in [7, 11) is 0. The molecule has 1 amide bonds. The second-order valence-electron chi connectivity index (χ2n) is 20.7. The molecule has 0 aromatic heterocycles. The molecule has 4 nitrogen and oxygen atoms in total. The molecule has 0 heterocycles. The molecular weight excluding hydrogens is 891 g/mol. The van der Waals surface area contributed by atoms with Crippen molar-refractivity contribution in [2.75, 3.05) is 6.61 Å². The summed E-state index contributed by atoms with van der Waals surface area (Å²) in [5.74, 6) is -0.0874. The van der Waals surface area contributed by atoms with Gasteiger partial charge in [0.1, 0.15) is 0 Å². The van der Waals surface area contributed by atoms with Crippen LogP contribution in [0.1, 0.15) is 290 Å². The van der Waals surface area contributed by atoms with Crippen LogP contribution in [-0.2, 0) is 4.79 Å². The van der Waals surface area contributed by atoms with E-state index in [1.807, 2.05) is 6.08 Å². The second-order valence-corrected chi connectivity index (χ2v) is 20.7. The third kappa shape index (κ3) is 59.5. The summed E-state index contributed by atoms with van der Waals surface area (Å²) in [5, 5.41) is 23.2. The van der Waals surface area contributed by atoms with Crippen LogP contribution in [-0.4, -0.2) is 34.9 Å². The minimum Gasteiger partial charge on any atom is -0.394 e. The van der Waals surface area contributed by atoms with Gasteiger partial charge in [-0.2, -0.15) is 0 Å². The molecule has 0 fully saturated rings. The number of hydrogen-bond donors (Lipinski definition) is 3. The number of nitrogens with one attached hydrogen (secondary N) is 1. The molecule has 0 aromatic rings. The summed E-state index contributed by atoms with van der Waals surface area (Å²) in [6.45, 7) is 4.19. The third-order valence-corrected chi connectivity index (χ3v) is 13.7. The van der Waals surface area contributed by atoms with Crippen LogP contribution in [0.2, 0.25) is 0 Å². The van der Waals surface area contributed by atoms with Gasteiger partial charge in [0.05, 0.1) is 18.8 Å². The maximum Gasteiger partial charge on any atom is 0.220 e. The van der Waals surface area contributed by atoms with Crippen molar-refractivity contribution >= 4 is 5.91 Å². The maximum absolute atomic E-state index is 12.5. The van der Waals surface area contributed by atoms with E-state index < -0.39 is 12.1 Å². The van der Waals surface area contributed by atoms with Crippen LogP contribution >= 0.6 is 0 Å². The Bertz CT molecular complexity index is 1420. The lowest BCUT2D eigenvalue weighted by molar-refractivity contribution is -0.123. The molecule has 0 saturated heterocycles. The molecule has 418 valence electrons. The first kappa shape index (κ1) is 69.8. The van der Waals surface area contributed by atoms with Crippen LogP contribution < -0.4 is 5.32 Å². The van der Waals surface area contributed by atoms with E-state index in [-0.39, 0.29) is 12.5 Å². The fourth-order valence-corrected chi connectivity index (χ4v) is 8.96. The molecule has 3 N–H and O–H groups in total. The highest BCUT2D eigenvalue weighted by atomic mass is 16.3. The maximum atomic E-state index is 12.5. The average molecular weight is 1010 g/mol. The van der Waals surface area contributed by atoms with Gasteiger partial charge in [-0.3, -0.25) is 4.79 Å². The molecule has 0 saturated carbocycles. The number of allylic oxidation sites excluding steroid dienone is 19. The summed E-state index contributed by atoms with van der Waals surface area (Å²) in [6.07, 6.45) is 96.7. The molecule has 0 aliphatic heterocycles. The largest absolute Gasteiger partial charge is 0.394 e. The van der Waals surface area contributed by atoms with Gasteiger partial charge in [-0.25, -0.2) is 0 Å². The number of hydrogen-bond acceptors (Lipinski definition) is 3. The fourth-order valence-electron chi connectivity index (χ4n) is 8.96. The lowest BCUT2D eigenvalue weighted by Crippen LogP contribution is -2.45. The van der Waals surface area contributed by atoms with Gasteiger partial charge >= 0.3 is 0 Å². The normalized spacial score (nSPS) is 13.6. The molecule has 0 spiro atoms. The minimum absolute atomic E-state index is 0.0874. The Morgan fingerprint density at radius 3 is 0.959 bits per heavy atom. The van der Waals surface area contributed by atoms with Crippen LogP contribution in [0.15, 0.2) is 122 Å². The van der Waals surface area contributed by atoms with E-state index in [0.717, 1.165) is 89.9 Å². The van der Waals surface area contributed by atoms with Crippen molar-refractivity contribution in [3.05, 3.63) is 122 Å². The number of aliphatic hydroxyl groups excluding tert-OH is 2. The zero-order valence-electron chi connectivity index (χ0n) is 48.1. The summed E-state index contributed by atoms with van der Waals surface area (Å²) < 4.78 is 0. The van der Waals surface area contributed by atoms with Gasteiger partial charge in [-0.15, -0.1) is 0 Å². The van der Waals surface area contributed by atoms with E-state index in [0.29, 0.717) is 6.42 Å². The average Bonchev–Trinajstić information content (AvgIpc) is 3.40. The Kier molecular flexibility index (Phi) is 60.3. The highest BCUT2D eigenvalue weighted by molar-refractivity contribution is 5.76. The summed E-state index contributed by atoms with van der Waals surface area (Å²) in [5.41, 5.74) is 0. The lowest BCUT2D eigenvalue weighted by Gasteiger charge is -2.19. The highest BCUT2D eigenvalue weighted by Crippen LogP contribution is 2.16. The van der Waals surface area contributed by atoms with Gasteiger partial charge in [0.15, 0.2) is 0 Å². The first-order chi connectivity index (χ1) is 36.2. The minimum atomic E-state index is -0.883. The monoisotopic (exact) mass is 1010 g/mol. The van der Waals surface area contributed by atoms with Gasteiger partial charge in [-0.05, 0) is 103 Å². The van der Waals surface area contributed by atoms with Gasteiger partial charge in [0.25, 0.3) is 0 Å². The Labute approximate surface area is 454 Å². The second kappa shape index (κ2) is 63.1. The Morgan fingerprint density at radius 2 is 0.616 bits per heavy atom. The number of carbonyl (C=O) groups is 1. The standard InChI is InChI=1S/C69H119NO3/c1-3-5-7-9-11-13-15-17-19-21-23-25-27-29-31-33-35-37-39-41-43-45-47-49-51-53-55-57-59-61-63-65-69(73)70-67(66-71)68(72)64-62-60-58-56-54-52-50-48-46-44-42-40-38-36-34-32-30-28-26-24-22-20-18-16-14-12-10-8-6-4-2/h5,7,11,13,17,19,23,25,29,31,35,37,41,43,46,48,54,56,62,64,67-68,71-72H,3-4,6,8-10,12,14-16,18,20-22,24,26-28,30,32-34,36,38-40,42,44-45,47,49-53,55,57-61,63,65-66H2,1-2H3,(H,70,73)/b7-5-,13-11-,19-17-,25-23-,31-29-,37-35-,43-41-,48-46+,56-54+,64-62+. The Hall–Kier alpha value is -3.21. The predicted octanol–water partition coefficient (Wildman–Crippen LogP) is 21.2. The highest BCUT2D eigenvalue weighted by Gasteiger charge is 2.18. The molecule has 73 heavy (non-hydrogen) atoms. The fraction of sp³-hybridized carbons (Fsp3) is 0.696. The van der Waals surface area contributed by atoms with E-state index in [4.69, 9.17) is 0 Å². The van der Waals surface area contributed by atoms with Crippen molar-refractivity contribution in [2.45, 2.75) is 302 Å². The number of rotatable bonds is 56. The van der Waals surface area contributed by atoms with Gasteiger partial charge in [-0.1, -0.05) is 302 Å².